The maximum absolute atomic E-state index is 12.2. The number of pyridine rings is 1. The topological polar surface area (TPSA) is 33.2 Å². The highest BCUT2D eigenvalue weighted by atomic mass is 32.1. The first-order chi connectivity index (χ1) is 8.70. The summed E-state index contributed by atoms with van der Waals surface area (Å²) in [6.07, 6.45) is 0. The number of hydrogen-bond acceptors (Lipinski definition) is 3. The highest BCUT2D eigenvalue weighted by Crippen LogP contribution is 2.13. The number of rotatable bonds is 4. The van der Waals surface area contributed by atoms with E-state index in [-0.39, 0.29) is 5.91 Å². The van der Waals surface area contributed by atoms with E-state index in [0.29, 0.717) is 13.1 Å². The van der Waals surface area contributed by atoms with Crippen LogP contribution in [-0.2, 0) is 6.54 Å². The SMILES string of the molecule is CCN(Cc1cccc(C)n1)C(=O)c1cccs1. The Balaban J connectivity index is 2.12. The van der Waals surface area contributed by atoms with Crippen LogP contribution in [0.15, 0.2) is 35.7 Å². The predicted octanol–water partition coefficient (Wildman–Crippen LogP) is 3.11. The van der Waals surface area contributed by atoms with Gasteiger partial charge in [-0.15, -0.1) is 11.3 Å². The summed E-state index contributed by atoms with van der Waals surface area (Å²) in [4.78, 5) is 19.3. The highest BCUT2D eigenvalue weighted by molar-refractivity contribution is 7.12. The molecule has 0 spiro atoms. The molecule has 3 nitrogen and oxygen atoms in total. The summed E-state index contributed by atoms with van der Waals surface area (Å²) in [6.45, 7) is 5.20. The van der Waals surface area contributed by atoms with Gasteiger partial charge in [0.05, 0.1) is 17.1 Å². The molecule has 94 valence electrons. The second-order valence-electron chi connectivity index (χ2n) is 4.07. The number of carbonyl (C=O) groups excluding carboxylic acids is 1. The van der Waals surface area contributed by atoms with Gasteiger partial charge >= 0.3 is 0 Å². The number of thiophene rings is 1. The van der Waals surface area contributed by atoms with Crippen molar-refractivity contribution in [2.24, 2.45) is 0 Å². The molecule has 1 amide bonds. The number of nitrogens with zero attached hydrogens (tertiary/aromatic N) is 2. The molecule has 0 aromatic carbocycles. The summed E-state index contributed by atoms with van der Waals surface area (Å²) < 4.78 is 0. The number of amides is 1. The third-order valence-electron chi connectivity index (χ3n) is 2.70. The fourth-order valence-electron chi connectivity index (χ4n) is 1.77. The van der Waals surface area contributed by atoms with Crippen molar-refractivity contribution in [2.45, 2.75) is 20.4 Å². The van der Waals surface area contributed by atoms with Gasteiger partial charge in [0, 0.05) is 12.2 Å². The van der Waals surface area contributed by atoms with Gasteiger partial charge < -0.3 is 4.90 Å². The van der Waals surface area contributed by atoms with Crippen LogP contribution in [-0.4, -0.2) is 22.3 Å². The Morgan fingerprint density at radius 1 is 1.33 bits per heavy atom. The average molecular weight is 260 g/mol. The van der Waals surface area contributed by atoms with Gasteiger partial charge in [-0.1, -0.05) is 12.1 Å². The van der Waals surface area contributed by atoms with Gasteiger partial charge in [-0.25, -0.2) is 0 Å². The van der Waals surface area contributed by atoms with Crippen LogP contribution in [0.5, 0.6) is 0 Å². The van der Waals surface area contributed by atoms with E-state index in [4.69, 9.17) is 0 Å². The lowest BCUT2D eigenvalue weighted by Gasteiger charge is -2.19. The van der Waals surface area contributed by atoms with Crippen molar-refractivity contribution in [3.05, 3.63) is 52.0 Å². The van der Waals surface area contributed by atoms with E-state index in [9.17, 15) is 4.79 Å². The van der Waals surface area contributed by atoms with Crippen LogP contribution in [0.3, 0.4) is 0 Å². The molecule has 0 N–H and O–H groups in total. The minimum absolute atomic E-state index is 0.0795. The van der Waals surface area contributed by atoms with Crippen molar-refractivity contribution < 1.29 is 4.79 Å². The average Bonchev–Trinajstić information content (AvgIpc) is 2.89. The monoisotopic (exact) mass is 260 g/mol. The second-order valence-corrected chi connectivity index (χ2v) is 5.01. The Labute approximate surface area is 111 Å². The van der Waals surface area contributed by atoms with Crippen molar-refractivity contribution >= 4 is 17.2 Å². The van der Waals surface area contributed by atoms with E-state index in [1.54, 1.807) is 0 Å². The van der Waals surface area contributed by atoms with E-state index >= 15 is 0 Å². The largest absolute Gasteiger partial charge is 0.332 e. The maximum Gasteiger partial charge on any atom is 0.264 e. The van der Waals surface area contributed by atoms with Crippen molar-refractivity contribution in [3.8, 4) is 0 Å². The van der Waals surface area contributed by atoms with Crippen LogP contribution in [0.1, 0.15) is 28.0 Å². The molecule has 0 unspecified atom stereocenters. The first-order valence-electron chi connectivity index (χ1n) is 5.96. The van der Waals surface area contributed by atoms with Crippen LogP contribution in [0, 0.1) is 6.92 Å². The first-order valence-corrected chi connectivity index (χ1v) is 6.84. The molecule has 2 rings (SSSR count). The number of carbonyl (C=O) groups is 1. The fraction of sp³-hybridized carbons (Fsp3) is 0.286. The molecule has 2 heterocycles. The summed E-state index contributed by atoms with van der Waals surface area (Å²) in [5, 5.41) is 1.92. The van der Waals surface area contributed by atoms with E-state index in [1.165, 1.54) is 11.3 Å². The predicted molar refractivity (Wildman–Crippen MR) is 73.7 cm³/mol. The van der Waals surface area contributed by atoms with Gasteiger partial charge in [0.2, 0.25) is 0 Å². The second kappa shape index (κ2) is 5.78. The number of aromatic nitrogens is 1. The quantitative estimate of drug-likeness (QED) is 0.846. The van der Waals surface area contributed by atoms with Crippen LogP contribution in [0.4, 0.5) is 0 Å². The third kappa shape index (κ3) is 2.96. The molecule has 0 saturated carbocycles. The summed E-state index contributed by atoms with van der Waals surface area (Å²) in [5.74, 6) is 0.0795. The molecule has 0 radical (unpaired) electrons. The molecular formula is C14H16N2OS. The lowest BCUT2D eigenvalue weighted by Crippen LogP contribution is -2.30. The Hall–Kier alpha value is -1.68. The molecule has 0 atom stereocenters. The van der Waals surface area contributed by atoms with Gasteiger partial charge in [-0.3, -0.25) is 9.78 Å². The Kier molecular flexibility index (Phi) is 4.10. The Morgan fingerprint density at radius 2 is 2.17 bits per heavy atom. The van der Waals surface area contributed by atoms with Crippen LogP contribution in [0.25, 0.3) is 0 Å². The minimum Gasteiger partial charge on any atom is -0.332 e. The normalized spacial score (nSPS) is 10.3. The van der Waals surface area contributed by atoms with Gasteiger partial charge in [0.25, 0.3) is 5.91 Å². The summed E-state index contributed by atoms with van der Waals surface area (Å²) >= 11 is 1.48. The third-order valence-corrected chi connectivity index (χ3v) is 3.56. The summed E-state index contributed by atoms with van der Waals surface area (Å²) in [5.41, 5.74) is 1.91. The fourth-order valence-corrected chi connectivity index (χ4v) is 2.46. The zero-order valence-corrected chi connectivity index (χ0v) is 11.4. The first kappa shape index (κ1) is 12.8. The standard InChI is InChI=1S/C14H16N2OS/c1-3-16(14(17)13-8-5-9-18-13)10-12-7-4-6-11(2)15-12/h4-9H,3,10H2,1-2H3. The van der Waals surface area contributed by atoms with Gasteiger partial charge in [-0.2, -0.15) is 0 Å². The molecule has 4 heteroatoms. The van der Waals surface area contributed by atoms with Crippen molar-refractivity contribution in [1.82, 2.24) is 9.88 Å². The van der Waals surface area contributed by atoms with Crippen molar-refractivity contribution in [1.29, 1.82) is 0 Å². The van der Waals surface area contributed by atoms with Crippen LogP contribution >= 0.6 is 11.3 Å². The van der Waals surface area contributed by atoms with E-state index < -0.39 is 0 Å². The zero-order chi connectivity index (χ0) is 13.0. The van der Waals surface area contributed by atoms with E-state index in [2.05, 4.69) is 4.98 Å². The summed E-state index contributed by atoms with van der Waals surface area (Å²) in [7, 11) is 0. The molecule has 0 aliphatic carbocycles. The van der Waals surface area contributed by atoms with Gasteiger partial charge in [0.1, 0.15) is 0 Å². The molecular weight excluding hydrogens is 244 g/mol. The lowest BCUT2D eigenvalue weighted by atomic mass is 10.3. The van der Waals surface area contributed by atoms with Gasteiger partial charge in [0.15, 0.2) is 0 Å². The summed E-state index contributed by atoms with van der Waals surface area (Å²) in [6, 6.07) is 9.65. The lowest BCUT2D eigenvalue weighted by molar-refractivity contribution is 0.0755. The minimum atomic E-state index is 0.0795. The van der Waals surface area contributed by atoms with Crippen LogP contribution < -0.4 is 0 Å². The Bertz CT molecular complexity index is 522. The molecule has 0 bridgehead atoms. The maximum atomic E-state index is 12.2. The molecule has 0 fully saturated rings. The molecule has 2 aromatic rings. The van der Waals surface area contributed by atoms with Crippen molar-refractivity contribution in [3.63, 3.8) is 0 Å². The van der Waals surface area contributed by atoms with E-state index in [1.807, 2.05) is 54.5 Å². The molecule has 0 aliphatic heterocycles. The number of aryl methyl sites for hydroxylation is 1. The molecule has 18 heavy (non-hydrogen) atoms. The molecule has 0 aliphatic rings. The van der Waals surface area contributed by atoms with Crippen molar-refractivity contribution in [2.75, 3.05) is 6.54 Å². The Morgan fingerprint density at radius 3 is 2.78 bits per heavy atom. The molecule has 0 saturated heterocycles. The van der Waals surface area contributed by atoms with Gasteiger partial charge in [-0.05, 0) is 37.4 Å². The van der Waals surface area contributed by atoms with E-state index in [0.717, 1.165) is 16.3 Å². The zero-order valence-electron chi connectivity index (χ0n) is 10.6. The smallest absolute Gasteiger partial charge is 0.264 e. The highest BCUT2D eigenvalue weighted by Gasteiger charge is 2.15. The van der Waals surface area contributed by atoms with Crippen LogP contribution in [0.2, 0.25) is 0 Å². The number of hydrogen-bond donors (Lipinski definition) is 0. The molecule has 2 aromatic heterocycles.